The van der Waals surface area contributed by atoms with Gasteiger partial charge in [0.1, 0.15) is 5.82 Å². The quantitative estimate of drug-likeness (QED) is 0.845. The number of amides is 1. The first kappa shape index (κ1) is 18.3. The van der Waals surface area contributed by atoms with Crippen molar-refractivity contribution >= 4 is 11.9 Å². The molecule has 1 N–H and O–H groups in total. The van der Waals surface area contributed by atoms with Crippen LogP contribution in [0.25, 0.3) is 0 Å². The third-order valence-corrected chi connectivity index (χ3v) is 4.48. The lowest BCUT2D eigenvalue weighted by molar-refractivity contribution is -0.121. The predicted molar refractivity (Wildman–Crippen MR) is 98.3 cm³/mol. The maximum Gasteiger partial charge on any atom is 0.225 e. The maximum atomic E-state index is 13.3. The molecule has 0 saturated carbocycles. The molecule has 0 unspecified atom stereocenters. The number of nitrogens with zero attached hydrogens (tertiary/aromatic N) is 4. The summed E-state index contributed by atoms with van der Waals surface area (Å²) >= 11 is 0. The Hall–Kier alpha value is -2.54. The van der Waals surface area contributed by atoms with Crippen LogP contribution in [-0.2, 0) is 11.2 Å². The molecule has 7 heteroatoms. The molecule has 1 aliphatic heterocycles. The molecule has 1 saturated heterocycles. The molecule has 1 amide bonds. The fourth-order valence-electron chi connectivity index (χ4n) is 3.40. The maximum absolute atomic E-state index is 13.3. The highest BCUT2D eigenvalue weighted by Gasteiger charge is 2.35. The number of nitrogens with one attached hydrogen (secondary N) is 1. The van der Waals surface area contributed by atoms with Crippen LogP contribution in [0, 0.1) is 11.7 Å². The lowest BCUT2D eigenvalue weighted by Gasteiger charge is -2.22. The molecule has 6 nitrogen and oxygen atoms in total. The standard InChI is InChI=1S/C19H24FN5O/c1-24(2)11-15-12-25(19-21-7-4-8-22-19)13-17(15)23-18(26)10-14-5-3-6-16(20)9-14/h3-9,15,17H,10-13H2,1-2H3,(H,23,26)/t15-,17-/m1/s1. The van der Waals surface area contributed by atoms with Crippen LogP contribution in [0.5, 0.6) is 0 Å². The zero-order valence-corrected chi connectivity index (χ0v) is 15.1. The first-order valence-electron chi connectivity index (χ1n) is 8.72. The normalized spacial score (nSPS) is 19.8. The highest BCUT2D eigenvalue weighted by atomic mass is 19.1. The number of carbonyl (C=O) groups excluding carboxylic acids is 1. The van der Waals surface area contributed by atoms with Crippen molar-refractivity contribution in [3.05, 3.63) is 54.1 Å². The van der Waals surface area contributed by atoms with E-state index >= 15 is 0 Å². The molecule has 2 atom stereocenters. The van der Waals surface area contributed by atoms with Crippen LogP contribution in [0.4, 0.5) is 10.3 Å². The fourth-order valence-corrected chi connectivity index (χ4v) is 3.40. The van der Waals surface area contributed by atoms with Gasteiger partial charge in [-0.2, -0.15) is 0 Å². The van der Waals surface area contributed by atoms with Crippen molar-refractivity contribution in [1.29, 1.82) is 0 Å². The average Bonchev–Trinajstić information content (AvgIpc) is 2.97. The first-order chi connectivity index (χ1) is 12.5. The van der Waals surface area contributed by atoms with Gasteiger partial charge >= 0.3 is 0 Å². The molecule has 2 aromatic rings. The van der Waals surface area contributed by atoms with Gasteiger partial charge in [0.25, 0.3) is 0 Å². The summed E-state index contributed by atoms with van der Waals surface area (Å²) in [7, 11) is 4.04. The molecule has 0 bridgehead atoms. The van der Waals surface area contributed by atoms with Crippen molar-refractivity contribution in [2.24, 2.45) is 5.92 Å². The summed E-state index contributed by atoms with van der Waals surface area (Å²) in [5.41, 5.74) is 0.674. The average molecular weight is 357 g/mol. The van der Waals surface area contributed by atoms with Gasteiger partial charge in [-0.3, -0.25) is 4.79 Å². The van der Waals surface area contributed by atoms with E-state index in [1.807, 2.05) is 14.1 Å². The topological polar surface area (TPSA) is 61.4 Å². The van der Waals surface area contributed by atoms with Crippen molar-refractivity contribution in [1.82, 2.24) is 20.2 Å². The van der Waals surface area contributed by atoms with Crippen molar-refractivity contribution in [2.45, 2.75) is 12.5 Å². The second-order valence-electron chi connectivity index (χ2n) is 6.96. The molecule has 2 heterocycles. The van der Waals surface area contributed by atoms with Crippen LogP contribution in [0.3, 0.4) is 0 Å². The van der Waals surface area contributed by atoms with Crippen LogP contribution < -0.4 is 10.2 Å². The van der Waals surface area contributed by atoms with Gasteiger partial charge < -0.3 is 15.1 Å². The van der Waals surface area contributed by atoms with E-state index in [9.17, 15) is 9.18 Å². The van der Waals surface area contributed by atoms with Gasteiger partial charge in [-0.1, -0.05) is 12.1 Å². The SMILES string of the molecule is CN(C)C[C@@H]1CN(c2ncccn2)C[C@H]1NC(=O)Cc1cccc(F)c1. The largest absolute Gasteiger partial charge is 0.351 e. The minimum Gasteiger partial charge on any atom is -0.351 e. The smallest absolute Gasteiger partial charge is 0.225 e. The molecular formula is C19H24FN5O. The molecule has 138 valence electrons. The summed E-state index contributed by atoms with van der Waals surface area (Å²) in [6, 6.07) is 7.95. The van der Waals surface area contributed by atoms with Gasteiger partial charge in [0.15, 0.2) is 0 Å². The predicted octanol–water partition coefficient (Wildman–Crippen LogP) is 1.34. The van der Waals surface area contributed by atoms with E-state index in [0.717, 1.165) is 13.1 Å². The lowest BCUT2D eigenvalue weighted by atomic mass is 10.0. The molecule has 1 aromatic heterocycles. The third kappa shape index (κ3) is 4.76. The Balaban J connectivity index is 1.66. The molecule has 0 aliphatic carbocycles. The van der Waals surface area contributed by atoms with E-state index in [-0.39, 0.29) is 30.1 Å². The Bertz CT molecular complexity index is 740. The molecule has 1 aromatic carbocycles. The summed E-state index contributed by atoms with van der Waals surface area (Å²) in [5, 5.41) is 3.12. The van der Waals surface area contributed by atoms with E-state index < -0.39 is 0 Å². The zero-order valence-electron chi connectivity index (χ0n) is 15.1. The second kappa shape index (κ2) is 8.23. The van der Waals surface area contributed by atoms with Gasteiger partial charge in [0.05, 0.1) is 12.5 Å². The van der Waals surface area contributed by atoms with Gasteiger partial charge in [0, 0.05) is 37.9 Å². The third-order valence-electron chi connectivity index (χ3n) is 4.48. The molecule has 26 heavy (non-hydrogen) atoms. The summed E-state index contributed by atoms with van der Waals surface area (Å²) in [6.45, 7) is 2.30. The Morgan fingerprint density at radius 2 is 2.04 bits per heavy atom. The van der Waals surface area contributed by atoms with Crippen molar-refractivity contribution in [3.8, 4) is 0 Å². The number of aromatic nitrogens is 2. The number of hydrogen-bond acceptors (Lipinski definition) is 5. The molecule has 1 aliphatic rings. The van der Waals surface area contributed by atoms with Gasteiger partial charge in [0.2, 0.25) is 11.9 Å². The van der Waals surface area contributed by atoms with Crippen LogP contribution in [0.1, 0.15) is 5.56 Å². The summed E-state index contributed by atoms with van der Waals surface area (Å²) < 4.78 is 13.3. The number of rotatable bonds is 6. The lowest BCUT2D eigenvalue weighted by Crippen LogP contribution is -2.44. The highest BCUT2D eigenvalue weighted by molar-refractivity contribution is 5.79. The van der Waals surface area contributed by atoms with Crippen LogP contribution in [-0.4, -0.2) is 60.5 Å². The number of halogens is 1. The minimum absolute atomic E-state index is 0.00210. The Morgan fingerprint density at radius 3 is 2.73 bits per heavy atom. The van der Waals surface area contributed by atoms with E-state index in [0.29, 0.717) is 18.1 Å². The van der Waals surface area contributed by atoms with Crippen molar-refractivity contribution < 1.29 is 9.18 Å². The van der Waals surface area contributed by atoms with Crippen LogP contribution in [0.15, 0.2) is 42.7 Å². The minimum atomic E-state index is -0.325. The summed E-state index contributed by atoms with van der Waals surface area (Å²) in [5.74, 6) is 0.526. The molecular weight excluding hydrogens is 333 g/mol. The Kier molecular flexibility index (Phi) is 5.78. The first-order valence-corrected chi connectivity index (χ1v) is 8.72. The summed E-state index contributed by atoms with van der Waals surface area (Å²) in [4.78, 5) is 25.3. The van der Waals surface area contributed by atoms with E-state index in [1.165, 1.54) is 12.1 Å². The number of anilines is 1. The van der Waals surface area contributed by atoms with Gasteiger partial charge in [-0.15, -0.1) is 0 Å². The number of hydrogen-bond donors (Lipinski definition) is 1. The van der Waals surface area contributed by atoms with Gasteiger partial charge in [-0.05, 0) is 37.9 Å². The van der Waals surface area contributed by atoms with E-state index in [4.69, 9.17) is 0 Å². The zero-order chi connectivity index (χ0) is 18.5. The van der Waals surface area contributed by atoms with E-state index in [1.54, 1.807) is 30.6 Å². The van der Waals surface area contributed by atoms with Crippen molar-refractivity contribution in [2.75, 3.05) is 38.6 Å². The fraction of sp³-hybridized carbons (Fsp3) is 0.421. The number of benzene rings is 1. The molecule has 1 fully saturated rings. The second-order valence-corrected chi connectivity index (χ2v) is 6.96. The monoisotopic (exact) mass is 357 g/mol. The molecule has 0 radical (unpaired) electrons. The van der Waals surface area contributed by atoms with Crippen LogP contribution >= 0.6 is 0 Å². The Morgan fingerprint density at radius 1 is 1.27 bits per heavy atom. The van der Waals surface area contributed by atoms with Crippen molar-refractivity contribution in [3.63, 3.8) is 0 Å². The molecule has 3 rings (SSSR count). The molecule has 0 spiro atoms. The van der Waals surface area contributed by atoms with Gasteiger partial charge in [-0.25, -0.2) is 14.4 Å². The van der Waals surface area contributed by atoms with Crippen LogP contribution in [0.2, 0.25) is 0 Å². The Labute approximate surface area is 153 Å². The summed E-state index contributed by atoms with van der Waals surface area (Å²) in [6.07, 6.45) is 3.61. The van der Waals surface area contributed by atoms with E-state index in [2.05, 4.69) is 25.1 Å². The highest BCUT2D eigenvalue weighted by Crippen LogP contribution is 2.21. The number of carbonyl (C=O) groups is 1.